The van der Waals surface area contributed by atoms with Gasteiger partial charge in [-0.3, -0.25) is 14.9 Å². The summed E-state index contributed by atoms with van der Waals surface area (Å²) in [5, 5.41) is 16.5. The normalized spacial score (nSPS) is 16.1. The molecule has 0 aromatic carbocycles. The highest BCUT2D eigenvalue weighted by Crippen LogP contribution is 2.29. The summed E-state index contributed by atoms with van der Waals surface area (Å²) >= 11 is 0. The maximum atomic E-state index is 12.2. The van der Waals surface area contributed by atoms with Gasteiger partial charge >= 0.3 is 0 Å². The number of pyridine rings is 1. The first-order chi connectivity index (χ1) is 9.52. The molecule has 1 aromatic rings. The van der Waals surface area contributed by atoms with Crippen molar-refractivity contribution < 1.29 is 9.72 Å². The van der Waals surface area contributed by atoms with Crippen LogP contribution in [0.3, 0.4) is 0 Å². The number of nitro groups is 1. The average Bonchev–Trinajstić information content (AvgIpc) is 2.35. The maximum Gasteiger partial charge on any atom is 0.288 e. The first-order valence-electron chi connectivity index (χ1n) is 6.66. The lowest BCUT2D eigenvalue weighted by Gasteiger charge is -2.31. The highest BCUT2D eigenvalue weighted by Gasteiger charge is 2.26. The first-order valence-corrected chi connectivity index (χ1v) is 6.66. The van der Waals surface area contributed by atoms with Crippen LogP contribution in [0.2, 0.25) is 0 Å². The molecular formula is C13H18N4O3. The van der Waals surface area contributed by atoms with E-state index in [1.807, 2.05) is 6.92 Å². The number of carbonyl (C=O) groups excluding carboxylic acids is 1. The Labute approximate surface area is 116 Å². The van der Waals surface area contributed by atoms with E-state index in [4.69, 9.17) is 0 Å². The minimum absolute atomic E-state index is 0.0696. The minimum atomic E-state index is -0.557. The van der Waals surface area contributed by atoms with Crippen molar-refractivity contribution in [2.45, 2.75) is 32.2 Å². The van der Waals surface area contributed by atoms with Crippen LogP contribution in [-0.4, -0.2) is 28.9 Å². The predicted molar refractivity (Wildman–Crippen MR) is 74.7 cm³/mol. The lowest BCUT2D eigenvalue weighted by molar-refractivity contribution is -0.385. The molecular weight excluding hydrogens is 260 g/mol. The highest BCUT2D eigenvalue weighted by molar-refractivity contribution is 5.99. The van der Waals surface area contributed by atoms with E-state index in [0.29, 0.717) is 11.7 Å². The van der Waals surface area contributed by atoms with Gasteiger partial charge in [-0.2, -0.15) is 0 Å². The van der Waals surface area contributed by atoms with Gasteiger partial charge in [0.15, 0.2) is 0 Å². The molecule has 1 atom stereocenters. The third-order valence-electron chi connectivity index (χ3n) is 3.78. The molecule has 1 unspecified atom stereocenters. The second-order valence-electron chi connectivity index (χ2n) is 5.05. The van der Waals surface area contributed by atoms with Crippen LogP contribution >= 0.6 is 0 Å². The SMILES string of the molecule is CNc1ncc([N+](=O)[O-])cc1C(=O)NC(C)C1CCC1. The van der Waals surface area contributed by atoms with Crippen LogP contribution in [0.15, 0.2) is 12.3 Å². The van der Waals surface area contributed by atoms with E-state index in [2.05, 4.69) is 15.6 Å². The van der Waals surface area contributed by atoms with Gasteiger partial charge < -0.3 is 10.6 Å². The third-order valence-corrected chi connectivity index (χ3v) is 3.78. The summed E-state index contributed by atoms with van der Waals surface area (Å²) < 4.78 is 0. The third kappa shape index (κ3) is 2.87. The van der Waals surface area contributed by atoms with E-state index in [0.717, 1.165) is 19.0 Å². The molecule has 2 rings (SSSR count). The Bertz CT molecular complexity index is 528. The molecule has 2 N–H and O–H groups in total. The molecule has 1 saturated carbocycles. The maximum absolute atomic E-state index is 12.2. The minimum Gasteiger partial charge on any atom is -0.372 e. The summed E-state index contributed by atoms with van der Waals surface area (Å²) in [5.74, 6) is 0.516. The van der Waals surface area contributed by atoms with E-state index < -0.39 is 4.92 Å². The van der Waals surface area contributed by atoms with Crippen LogP contribution in [0.25, 0.3) is 0 Å². The van der Waals surface area contributed by atoms with Gasteiger partial charge in [0.2, 0.25) is 0 Å². The van der Waals surface area contributed by atoms with Crippen LogP contribution in [0.1, 0.15) is 36.5 Å². The zero-order chi connectivity index (χ0) is 14.7. The number of carbonyl (C=O) groups is 1. The summed E-state index contributed by atoms with van der Waals surface area (Å²) in [7, 11) is 1.63. The smallest absolute Gasteiger partial charge is 0.288 e. The Morgan fingerprint density at radius 2 is 2.25 bits per heavy atom. The van der Waals surface area contributed by atoms with Crippen molar-refractivity contribution in [3.05, 3.63) is 27.9 Å². The molecule has 7 nitrogen and oxygen atoms in total. The molecule has 1 fully saturated rings. The molecule has 7 heteroatoms. The number of amides is 1. The van der Waals surface area contributed by atoms with Gasteiger partial charge in [-0.05, 0) is 25.7 Å². The fraction of sp³-hybridized carbons (Fsp3) is 0.538. The number of anilines is 1. The zero-order valence-corrected chi connectivity index (χ0v) is 11.5. The Morgan fingerprint density at radius 3 is 2.75 bits per heavy atom. The Morgan fingerprint density at radius 1 is 1.55 bits per heavy atom. The molecule has 1 amide bonds. The molecule has 0 aliphatic heterocycles. The number of hydrogen-bond donors (Lipinski definition) is 2. The largest absolute Gasteiger partial charge is 0.372 e. The van der Waals surface area contributed by atoms with Gasteiger partial charge in [0.25, 0.3) is 11.6 Å². The fourth-order valence-electron chi connectivity index (χ4n) is 2.27. The quantitative estimate of drug-likeness (QED) is 0.633. The van der Waals surface area contributed by atoms with Gasteiger partial charge in [-0.25, -0.2) is 4.98 Å². The summed E-state index contributed by atoms with van der Waals surface area (Å²) in [6.45, 7) is 1.96. The molecule has 0 radical (unpaired) electrons. The van der Waals surface area contributed by atoms with Crippen molar-refractivity contribution in [1.29, 1.82) is 0 Å². The van der Waals surface area contributed by atoms with Gasteiger partial charge in [-0.15, -0.1) is 0 Å². The van der Waals surface area contributed by atoms with Gasteiger partial charge in [0.05, 0.1) is 10.5 Å². The van der Waals surface area contributed by atoms with E-state index in [1.165, 1.54) is 12.5 Å². The summed E-state index contributed by atoms with van der Waals surface area (Å²) in [5.41, 5.74) is 0.0123. The second kappa shape index (κ2) is 5.85. The van der Waals surface area contributed by atoms with Crippen molar-refractivity contribution in [2.24, 2.45) is 5.92 Å². The fourth-order valence-corrected chi connectivity index (χ4v) is 2.27. The van der Waals surface area contributed by atoms with Gasteiger partial charge in [0.1, 0.15) is 12.0 Å². The molecule has 1 aliphatic rings. The second-order valence-corrected chi connectivity index (χ2v) is 5.05. The van der Waals surface area contributed by atoms with Crippen molar-refractivity contribution in [3.63, 3.8) is 0 Å². The number of rotatable bonds is 5. The number of nitrogens with zero attached hydrogens (tertiary/aromatic N) is 2. The van der Waals surface area contributed by atoms with Crippen LogP contribution in [0.4, 0.5) is 11.5 Å². The van der Waals surface area contributed by atoms with Crippen LogP contribution in [0.5, 0.6) is 0 Å². The summed E-state index contributed by atoms with van der Waals surface area (Å²) in [6, 6.07) is 1.32. The standard InChI is InChI=1S/C13H18N4O3/c1-8(9-4-3-5-9)16-13(18)11-6-10(17(19)20)7-15-12(11)14-2/h6-9H,3-5H2,1-2H3,(H,14,15)(H,16,18). The molecule has 1 aromatic heterocycles. The Kier molecular flexibility index (Phi) is 4.16. The predicted octanol–water partition coefficient (Wildman–Crippen LogP) is 1.95. The van der Waals surface area contributed by atoms with Crippen molar-refractivity contribution in [2.75, 3.05) is 12.4 Å². The van der Waals surface area contributed by atoms with E-state index >= 15 is 0 Å². The summed E-state index contributed by atoms with van der Waals surface area (Å²) in [4.78, 5) is 26.4. The molecule has 0 bridgehead atoms. The average molecular weight is 278 g/mol. The van der Waals surface area contributed by atoms with Crippen LogP contribution in [-0.2, 0) is 0 Å². The van der Waals surface area contributed by atoms with E-state index in [-0.39, 0.29) is 23.2 Å². The van der Waals surface area contributed by atoms with Gasteiger partial charge in [0, 0.05) is 19.2 Å². The highest BCUT2D eigenvalue weighted by atomic mass is 16.6. The number of nitrogens with one attached hydrogen (secondary N) is 2. The molecule has 0 saturated heterocycles. The number of aromatic nitrogens is 1. The zero-order valence-electron chi connectivity index (χ0n) is 11.5. The number of hydrogen-bond acceptors (Lipinski definition) is 5. The molecule has 0 spiro atoms. The topological polar surface area (TPSA) is 97.2 Å². The first kappa shape index (κ1) is 14.2. The Balaban J connectivity index is 2.18. The monoisotopic (exact) mass is 278 g/mol. The van der Waals surface area contributed by atoms with E-state index in [9.17, 15) is 14.9 Å². The molecule has 1 aliphatic carbocycles. The van der Waals surface area contributed by atoms with Crippen molar-refractivity contribution in [3.8, 4) is 0 Å². The van der Waals surface area contributed by atoms with Gasteiger partial charge in [-0.1, -0.05) is 6.42 Å². The van der Waals surface area contributed by atoms with Crippen LogP contribution in [0, 0.1) is 16.0 Å². The lowest BCUT2D eigenvalue weighted by Crippen LogP contribution is -2.40. The van der Waals surface area contributed by atoms with E-state index in [1.54, 1.807) is 7.05 Å². The molecule has 20 heavy (non-hydrogen) atoms. The van der Waals surface area contributed by atoms with Crippen molar-refractivity contribution in [1.82, 2.24) is 10.3 Å². The lowest BCUT2D eigenvalue weighted by atomic mass is 9.80. The molecule has 1 heterocycles. The van der Waals surface area contributed by atoms with Crippen LogP contribution < -0.4 is 10.6 Å². The Hall–Kier alpha value is -2.18. The van der Waals surface area contributed by atoms with Crippen molar-refractivity contribution >= 4 is 17.4 Å². The summed E-state index contributed by atoms with van der Waals surface area (Å²) in [6.07, 6.45) is 4.57. The molecule has 108 valence electrons.